The van der Waals surface area contributed by atoms with Crippen LogP contribution in [0.4, 0.5) is 0 Å². The first-order chi connectivity index (χ1) is 4.50. The fraction of sp³-hybridized carbons (Fsp3) is 0.250. The van der Waals surface area contributed by atoms with Crippen LogP contribution in [0.15, 0.2) is 10.5 Å². The zero-order valence-corrected chi connectivity index (χ0v) is 6.96. The van der Waals surface area contributed by atoms with Gasteiger partial charge in [-0.1, -0.05) is 0 Å². The SMILES string of the molecule is Cc1cnc(S(=N)(N)=O)s1. The molecule has 56 valence electrons. The van der Waals surface area contributed by atoms with Crippen LogP contribution in [0.1, 0.15) is 4.88 Å². The zero-order valence-electron chi connectivity index (χ0n) is 5.33. The van der Waals surface area contributed by atoms with Crippen LogP contribution in [0.5, 0.6) is 0 Å². The molecule has 0 radical (unpaired) electrons. The van der Waals surface area contributed by atoms with Gasteiger partial charge in [0.25, 0.3) is 0 Å². The Labute approximate surface area is 63.2 Å². The summed E-state index contributed by atoms with van der Waals surface area (Å²) in [6, 6.07) is 0. The number of nitrogens with two attached hydrogens (primary N) is 1. The van der Waals surface area contributed by atoms with Crippen LogP contribution in [0.2, 0.25) is 0 Å². The van der Waals surface area contributed by atoms with Gasteiger partial charge in [0.1, 0.15) is 0 Å². The van der Waals surface area contributed by atoms with Crippen LogP contribution < -0.4 is 5.14 Å². The number of aromatic nitrogens is 1. The minimum Gasteiger partial charge on any atom is -0.239 e. The molecule has 0 aliphatic heterocycles. The topological polar surface area (TPSA) is 79.8 Å². The normalized spacial score (nSPS) is 16.6. The van der Waals surface area contributed by atoms with E-state index in [0.29, 0.717) is 0 Å². The van der Waals surface area contributed by atoms with Crippen LogP contribution in [-0.4, -0.2) is 9.19 Å². The molecule has 0 amide bonds. The van der Waals surface area contributed by atoms with Gasteiger partial charge in [0, 0.05) is 11.1 Å². The lowest BCUT2D eigenvalue weighted by Crippen LogP contribution is -2.09. The van der Waals surface area contributed by atoms with Gasteiger partial charge in [0.2, 0.25) is 4.34 Å². The Balaban J connectivity index is 3.21. The van der Waals surface area contributed by atoms with Gasteiger partial charge in [-0.25, -0.2) is 19.1 Å². The van der Waals surface area contributed by atoms with Gasteiger partial charge in [-0.2, -0.15) is 0 Å². The number of rotatable bonds is 1. The van der Waals surface area contributed by atoms with E-state index in [1.54, 1.807) is 6.20 Å². The van der Waals surface area contributed by atoms with Crippen LogP contribution in [0.3, 0.4) is 0 Å². The molecule has 0 bridgehead atoms. The van der Waals surface area contributed by atoms with E-state index >= 15 is 0 Å². The molecule has 0 fully saturated rings. The molecular weight excluding hydrogens is 170 g/mol. The van der Waals surface area contributed by atoms with E-state index in [9.17, 15) is 4.21 Å². The summed E-state index contributed by atoms with van der Waals surface area (Å²) in [6.07, 6.45) is 1.56. The summed E-state index contributed by atoms with van der Waals surface area (Å²) in [6.45, 7) is 1.83. The monoisotopic (exact) mass is 177 g/mol. The number of nitrogens with one attached hydrogen (secondary N) is 1. The van der Waals surface area contributed by atoms with Gasteiger partial charge < -0.3 is 0 Å². The molecule has 0 saturated carbocycles. The third kappa shape index (κ3) is 1.53. The van der Waals surface area contributed by atoms with E-state index in [2.05, 4.69) is 4.98 Å². The van der Waals surface area contributed by atoms with Crippen molar-refractivity contribution >= 4 is 21.3 Å². The van der Waals surface area contributed by atoms with Gasteiger partial charge in [-0.3, -0.25) is 0 Å². The minimum atomic E-state index is -3.07. The maximum absolute atomic E-state index is 10.8. The predicted molar refractivity (Wildman–Crippen MR) is 40.2 cm³/mol. The van der Waals surface area contributed by atoms with Crippen molar-refractivity contribution in [1.29, 1.82) is 4.78 Å². The Morgan fingerprint density at radius 3 is 2.70 bits per heavy atom. The molecule has 1 rings (SSSR count). The molecule has 10 heavy (non-hydrogen) atoms. The lowest BCUT2D eigenvalue weighted by atomic mass is 10.7. The summed E-state index contributed by atoms with van der Waals surface area (Å²) in [5.74, 6) is 0. The van der Waals surface area contributed by atoms with E-state index in [0.717, 1.165) is 4.88 Å². The summed E-state index contributed by atoms with van der Waals surface area (Å²) >= 11 is 1.20. The van der Waals surface area contributed by atoms with Crippen molar-refractivity contribution < 1.29 is 4.21 Å². The molecule has 1 aromatic rings. The lowest BCUT2D eigenvalue weighted by Gasteiger charge is -1.89. The summed E-state index contributed by atoms with van der Waals surface area (Å²) in [5, 5.41) is 5.01. The zero-order chi connectivity index (χ0) is 7.78. The number of hydrogen-bond acceptors (Lipinski definition) is 4. The minimum absolute atomic E-state index is 0.199. The molecule has 1 aromatic heterocycles. The molecule has 1 atom stereocenters. The first-order valence-corrected chi connectivity index (χ1v) is 4.93. The molecular formula is C4H7N3OS2. The molecule has 0 aliphatic carbocycles. The highest BCUT2D eigenvalue weighted by molar-refractivity contribution is 7.92. The Morgan fingerprint density at radius 1 is 1.90 bits per heavy atom. The molecule has 3 N–H and O–H groups in total. The highest BCUT2D eigenvalue weighted by atomic mass is 32.2. The van der Waals surface area contributed by atoms with Crippen molar-refractivity contribution in [2.45, 2.75) is 11.3 Å². The highest BCUT2D eigenvalue weighted by Gasteiger charge is 2.06. The average molecular weight is 177 g/mol. The quantitative estimate of drug-likeness (QED) is 0.663. The van der Waals surface area contributed by atoms with E-state index < -0.39 is 9.92 Å². The first-order valence-electron chi connectivity index (χ1n) is 2.49. The fourth-order valence-corrected chi connectivity index (χ4v) is 2.06. The van der Waals surface area contributed by atoms with E-state index in [4.69, 9.17) is 9.92 Å². The Kier molecular flexibility index (Phi) is 1.76. The van der Waals surface area contributed by atoms with Crippen LogP contribution in [0.25, 0.3) is 0 Å². The molecule has 6 heteroatoms. The van der Waals surface area contributed by atoms with E-state index in [1.807, 2.05) is 6.92 Å². The third-order valence-corrected chi connectivity index (χ3v) is 3.18. The Bertz CT molecular complexity index is 326. The lowest BCUT2D eigenvalue weighted by molar-refractivity contribution is 0.675. The van der Waals surface area contributed by atoms with Crippen molar-refractivity contribution in [2.75, 3.05) is 0 Å². The second kappa shape index (κ2) is 2.30. The van der Waals surface area contributed by atoms with Crippen LogP contribution >= 0.6 is 11.3 Å². The second-order valence-electron chi connectivity index (χ2n) is 1.84. The molecule has 0 aromatic carbocycles. The number of nitrogens with zero attached hydrogens (tertiary/aromatic N) is 1. The van der Waals surface area contributed by atoms with Crippen LogP contribution in [-0.2, 0) is 9.92 Å². The largest absolute Gasteiger partial charge is 0.239 e. The summed E-state index contributed by atoms with van der Waals surface area (Å²) in [5.41, 5.74) is 0. The third-order valence-electron chi connectivity index (χ3n) is 0.859. The molecule has 0 saturated heterocycles. The summed E-state index contributed by atoms with van der Waals surface area (Å²) < 4.78 is 17.9. The average Bonchev–Trinajstić information content (AvgIpc) is 2.11. The summed E-state index contributed by atoms with van der Waals surface area (Å²) in [7, 11) is -3.07. The maximum atomic E-state index is 10.8. The summed E-state index contributed by atoms with van der Waals surface area (Å²) in [4.78, 5) is 4.63. The van der Waals surface area contributed by atoms with Crippen molar-refractivity contribution in [2.24, 2.45) is 5.14 Å². The molecule has 1 heterocycles. The van der Waals surface area contributed by atoms with Gasteiger partial charge in [0.05, 0.1) is 0 Å². The Morgan fingerprint density at radius 2 is 2.50 bits per heavy atom. The van der Waals surface area contributed by atoms with Crippen molar-refractivity contribution in [1.82, 2.24) is 4.98 Å². The van der Waals surface area contributed by atoms with Crippen molar-refractivity contribution in [3.8, 4) is 0 Å². The Hall–Kier alpha value is -0.460. The molecule has 0 spiro atoms. The molecule has 1 unspecified atom stereocenters. The molecule has 4 nitrogen and oxygen atoms in total. The smallest absolute Gasteiger partial charge is 0.204 e. The highest BCUT2D eigenvalue weighted by Crippen LogP contribution is 2.14. The van der Waals surface area contributed by atoms with E-state index in [1.165, 1.54) is 11.3 Å². The molecule has 0 aliphatic rings. The second-order valence-corrected chi connectivity index (χ2v) is 4.92. The van der Waals surface area contributed by atoms with Gasteiger partial charge in [-0.05, 0) is 6.92 Å². The van der Waals surface area contributed by atoms with E-state index in [-0.39, 0.29) is 4.34 Å². The first kappa shape index (κ1) is 7.64. The van der Waals surface area contributed by atoms with Gasteiger partial charge in [-0.15, -0.1) is 11.3 Å². The predicted octanol–water partition coefficient (Wildman–Crippen LogP) is 0.731. The van der Waals surface area contributed by atoms with Crippen molar-refractivity contribution in [3.05, 3.63) is 11.1 Å². The van der Waals surface area contributed by atoms with Gasteiger partial charge >= 0.3 is 0 Å². The van der Waals surface area contributed by atoms with Crippen molar-refractivity contribution in [3.63, 3.8) is 0 Å². The number of hydrogen-bond donors (Lipinski definition) is 2. The number of thiazole rings is 1. The standard InChI is InChI=1S/C4H7N3OS2/c1-3-2-7-4(9-3)10(5,6)8/h2H,1H3,(H3,5,6,8). The van der Waals surface area contributed by atoms with Gasteiger partial charge in [0.15, 0.2) is 9.92 Å². The number of aryl methyl sites for hydroxylation is 1. The van der Waals surface area contributed by atoms with Crippen LogP contribution in [0, 0.1) is 11.7 Å². The maximum Gasteiger partial charge on any atom is 0.204 e. The fourth-order valence-electron chi connectivity index (χ4n) is 0.474.